The highest BCUT2D eigenvalue weighted by molar-refractivity contribution is 7.18. The second kappa shape index (κ2) is 6.49. The Kier molecular flexibility index (Phi) is 4.02. The molecule has 0 bridgehead atoms. The van der Waals surface area contributed by atoms with Crippen LogP contribution in [0.15, 0.2) is 54.7 Å². The molecule has 2 N–H and O–H groups in total. The number of hydrogen-bond acceptors (Lipinski definition) is 5. The van der Waals surface area contributed by atoms with Crippen LogP contribution < -0.4 is 5.32 Å². The van der Waals surface area contributed by atoms with Gasteiger partial charge in [0, 0.05) is 22.7 Å². The Bertz CT molecular complexity index is 1130. The van der Waals surface area contributed by atoms with Gasteiger partial charge in [-0.25, -0.2) is 4.39 Å². The van der Waals surface area contributed by atoms with E-state index in [1.807, 2.05) is 12.1 Å². The molecule has 0 atom stereocenters. The number of nitrogens with zero attached hydrogens (tertiary/aromatic N) is 2. The number of fused-ring (bicyclic) bond motifs is 1. The van der Waals surface area contributed by atoms with Crippen molar-refractivity contribution in [2.45, 2.75) is 0 Å². The first-order valence-electron chi connectivity index (χ1n) is 7.63. The third-order valence-corrected chi connectivity index (χ3v) is 4.66. The van der Waals surface area contributed by atoms with Crippen LogP contribution in [0, 0.1) is 5.82 Å². The number of ketones is 1. The van der Waals surface area contributed by atoms with E-state index in [1.54, 1.807) is 30.3 Å². The maximum atomic E-state index is 13.8. The number of nitrogens with one attached hydrogen (secondary N) is 2. The number of benzene rings is 2. The minimum Gasteiger partial charge on any atom is -0.360 e. The highest BCUT2D eigenvalue weighted by Crippen LogP contribution is 2.28. The van der Waals surface area contributed by atoms with E-state index in [1.165, 1.54) is 12.3 Å². The van der Waals surface area contributed by atoms with Crippen LogP contribution in [0.2, 0.25) is 0 Å². The molecule has 0 radical (unpaired) electrons. The summed E-state index contributed by atoms with van der Waals surface area (Å²) in [6, 6.07) is 13.3. The molecule has 2 heterocycles. The van der Waals surface area contributed by atoms with Crippen molar-refractivity contribution in [1.82, 2.24) is 15.2 Å². The SMILES string of the molecule is O=C(Nc1nnc(-c2ccccc2F)s1)C(=O)c1c[nH]c2ccccc12. The van der Waals surface area contributed by atoms with Crippen LogP contribution in [0.3, 0.4) is 0 Å². The zero-order valence-corrected chi connectivity index (χ0v) is 14.0. The summed E-state index contributed by atoms with van der Waals surface area (Å²) < 4.78 is 13.8. The molecule has 2 aromatic carbocycles. The fourth-order valence-corrected chi connectivity index (χ4v) is 3.32. The molecular formula is C18H11FN4O2S. The van der Waals surface area contributed by atoms with Gasteiger partial charge in [0.15, 0.2) is 5.01 Å². The first kappa shape index (κ1) is 16.1. The predicted molar refractivity (Wildman–Crippen MR) is 96.6 cm³/mol. The van der Waals surface area contributed by atoms with Crippen LogP contribution in [-0.2, 0) is 4.79 Å². The molecule has 8 heteroatoms. The lowest BCUT2D eigenvalue weighted by molar-refractivity contribution is -0.112. The van der Waals surface area contributed by atoms with Crippen molar-refractivity contribution in [3.8, 4) is 10.6 Å². The fourth-order valence-electron chi connectivity index (χ4n) is 2.55. The molecule has 0 aliphatic rings. The minimum absolute atomic E-state index is 0.126. The van der Waals surface area contributed by atoms with Gasteiger partial charge in [-0.2, -0.15) is 0 Å². The van der Waals surface area contributed by atoms with Gasteiger partial charge < -0.3 is 4.98 Å². The van der Waals surface area contributed by atoms with Crippen LogP contribution >= 0.6 is 11.3 Å². The number of Topliss-reactive ketones (excluding diaryl/α,β-unsaturated/α-hetero) is 1. The van der Waals surface area contributed by atoms with Crippen molar-refractivity contribution in [2.75, 3.05) is 5.32 Å². The first-order valence-corrected chi connectivity index (χ1v) is 8.45. The average molecular weight is 366 g/mol. The summed E-state index contributed by atoms with van der Waals surface area (Å²) in [5.74, 6) is -1.95. The van der Waals surface area contributed by atoms with Crippen molar-refractivity contribution >= 4 is 39.1 Å². The van der Waals surface area contributed by atoms with E-state index in [0.717, 1.165) is 16.9 Å². The highest BCUT2D eigenvalue weighted by Gasteiger charge is 2.21. The largest absolute Gasteiger partial charge is 0.360 e. The number of aromatic nitrogens is 3. The van der Waals surface area contributed by atoms with Crippen molar-refractivity contribution < 1.29 is 14.0 Å². The van der Waals surface area contributed by atoms with Gasteiger partial charge in [-0.05, 0) is 18.2 Å². The summed E-state index contributed by atoms with van der Waals surface area (Å²) in [4.78, 5) is 27.6. The van der Waals surface area contributed by atoms with E-state index in [0.29, 0.717) is 10.4 Å². The van der Waals surface area contributed by atoms with Crippen LogP contribution in [0.4, 0.5) is 9.52 Å². The van der Waals surface area contributed by atoms with Crippen LogP contribution in [0.1, 0.15) is 10.4 Å². The summed E-state index contributed by atoms with van der Waals surface area (Å²) in [5.41, 5.74) is 1.33. The molecule has 4 aromatic rings. The third kappa shape index (κ3) is 2.86. The number of anilines is 1. The zero-order chi connectivity index (χ0) is 18.1. The average Bonchev–Trinajstić information content (AvgIpc) is 3.28. The molecule has 0 unspecified atom stereocenters. The van der Waals surface area contributed by atoms with E-state index < -0.39 is 17.5 Å². The van der Waals surface area contributed by atoms with Crippen molar-refractivity contribution in [2.24, 2.45) is 0 Å². The summed E-state index contributed by atoms with van der Waals surface area (Å²) in [7, 11) is 0. The minimum atomic E-state index is -0.828. The number of rotatable bonds is 4. The number of hydrogen-bond donors (Lipinski definition) is 2. The van der Waals surface area contributed by atoms with Crippen molar-refractivity contribution in [1.29, 1.82) is 0 Å². The zero-order valence-electron chi connectivity index (χ0n) is 13.2. The summed E-state index contributed by atoms with van der Waals surface area (Å²) in [5, 5.41) is 11.2. The smallest absolute Gasteiger partial charge is 0.298 e. The molecule has 0 saturated heterocycles. The molecule has 2 aromatic heterocycles. The lowest BCUT2D eigenvalue weighted by Gasteiger charge is -1.99. The number of aromatic amines is 1. The Hall–Kier alpha value is -3.39. The first-order chi connectivity index (χ1) is 12.6. The topological polar surface area (TPSA) is 87.7 Å². The van der Waals surface area contributed by atoms with Gasteiger partial charge in [-0.15, -0.1) is 10.2 Å². The van der Waals surface area contributed by atoms with E-state index in [2.05, 4.69) is 20.5 Å². The Morgan fingerprint density at radius 3 is 2.65 bits per heavy atom. The number of halogens is 1. The number of para-hydroxylation sites is 1. The van der Waals surface area contributed by atoms with Crippen LogP contribution in [-0.4, -0.2) is 26.9 Å². The van der Waals surface area contributed by atoms with Crippen LogP contribution in [0.5, 0.6) is 0 Å². The maximum Gasteiger partial charge on any atom is 0.298 e. The van der Waals surface area contributed by atoms with Gasteiger partial charge in [-0.3, -0.25) is 14.9 Å². The lowest BCUT2D eigenvalue weighted by atomic mass is 10.1. The number of amides is 1. The Morgan fingerprint density at radius 1 is 1.04 bits per heavy atom. The Morgan fingerprint density at radius 2 is 1.81 bits per heavy atom. The summed E-state index contributed by atoms with van der Waals surface area (Å²) >= 11 is 0.993. The van der Waals surface area contributed by atoms with E-state index in [9.17, 15) is 14.0 Å². The Balaban J connectivity index is 1.55. The van der Waals surface area contributed by atoms with E-state index in [4.69, 9.17) is 0 Å². The molecule has 128 valence electrons. The molecule has 0 aliphatic heterocycles. The molecular weight excluding hydrogens is 355 g/mol. The standard InChI is InChI=1S/C18H11FN4O2S/c19-13-7-3-1-6-11(13)17-22-23-18(26-17)21-16(25)15(24)12-9-20-14-8-4-2-5-10(12)14/h1-9,20H,(H,21,23,25). The highest BCUT2D eigenvalue weighted by atomic mass is 32.1. The van der Waals surface area contributed by atoms with Crippen LogP contribution in [0.25, 0.3) is 21.5 Å². The van der Waals surface area contributed by atoms with E-state index >= 15 is 0 Å². The molecule has 0 saturated carbocycles. The molecule has 1 amide bonds. The van der Waals surface area contributed by atoms with Crippen molar-refractivity contribution in [3.63, 3.8) is 0 Å². The fraction of sp³-hybridized carbons (Fsp3) is 0. The molecule has 0 aliphatic carbocycles. The van der Waals surface area contributed by atoms with Gasteiger partial charge in [-0.1, -0.05) is 41.7 Å². The second-order valence-corrected chi connectivity index (χ2v) is 6.40. The van der Waals surface area contributed by atoms with Gasteiger partial charge >= 0.3 is 0 Å². The quantitative estimate of drug-likeness (QED) is 0.426. The van der Waals surface area contributed by atoms with E-state index in [-0.39, 0.29) is 16.3 Å². The van der Waals surface area contributed by atoms with Gasteiger partial charge in [0.25, 0.3) is 11.7 Å². The summed E-state index contributed by atoms with van der Waals surface area (Å²) in [6.07, 6.45) is 1.50. The van der Waals surface area contributed by atoms with Gasteiger partial charge in [0.05, 0.1) is 5.56 Å². The molecule has 26 heavy (non-hydrogen) atoms. The number of carbonyl (C=O) groups is 2. The number of H-pyrrole nitrogens is 1. The Labute approximate surface area is 150 Å². The van der Waals surface area contributed by atoms with Crippen molar-refractivity contribution in [3.05, 3.63) is 66.1 Å². The summed E-state index contributed by atoms with van der Waals surface area (Å²) in [6.45, 7) is 0. The molecule has 0 spiro atoms. The lowest BCUT2D eigenvalue weighted by Crippen LogP contribution is -2.22. The maximum absolute atomic E-state index is 13.8. The monoisotopic (exact) mass is 366 g/mol. The molecule has 4 rings (SSSR count). The third-order valence-electron chi connectivity index (χ3n) is 3.79. The molecule has 6 nitrogen and oxygen atoms in total. The molecule has 0 fully saturated rings. The van der Waals surface area contributed by atoms with Gasteiger partial charge in [0.1, 0.15) is 5.82 Å². The number of carbonyl (C=O) groups excluding carboxylic acids is 2. The van der Waals surface area contributed by atoms with Gasteiger partial charge in [0.2, 0.25) is 5.13 Å². The normalized spacial score (nSPS) is 10.8. The second-order valence-electron chi connectivity index (χ2n) is 5.42. The predicted octanol–water partition coefficient (Wildman–Crippen LogP) is 3.65.